The van der Waals surface area contributed by atoms with Crippen LogP contribution in [0.4, 0.5) is 0 Å². The van der Waals surface area contributed by atoms with Gasteiger partial charge >= 0.3 is 0 Å². The van der Waals surface area contributed by atoms with E-state index in [1.54, 1.807) is 0 Å². The van der Waals surface area contributed by atoms with Gasteiger partial charge in [0.1, 0.15) is 0 Å². The van der Waals surface area contributed by atoms with Crippen LogP contribution in [0, 0.1) is 0 Å². The molecule has 3 N–H and O–H groups in total. The zero-order valence-corrected chi connectivity index (χ0v) is 31.0. The summed E-state index contributed by atoms with van der Waals surface area (Å²) >= 11 is 0. The van der Waals surface area contributed by atoms with E-state index < -0.39 is 29.1 Å². The Hall–Kier alpha value is -0.610. The Labute approximate surface area is 281 Å². The third-order valence-electron chi connectivity index (χ3n) is 9.42. The van der Waals surface area contributed by atoms with Crippen molar-refractivity contribution >= 4 is 20.8 Å². The summed E-state index contributed by atoms with van der Waals surface area (Å²) in [5, 5.41) is 29.3. The first-order chi connectivity index (χ1) is 21.8. The van der Waals surface area contributed by atoms with Gasteiger partial charge in [-0.1, -0.05) is 176 Å². The van der Waals surface area contributed by atoms with Gasteiger partial charge in [0.05, 0.1) is 6.61 Å². The standard InChI is InChI=1S/C39H75O5P/c1-3-5-7-9-11-13-15-17-19-21-23-25-27-29-31-33-36(41)38(43,35-40)39(44,45)37(42)34-32-30-28-26-24-22-20-18-16-14-12-10-8-6-4-2/h18,20,40,43-44H,3-17,19,21-35,45H2,1-2H3/b20-18-. The van der Waals surface area contributed by atoms with Crippen molar-refractivity contribution in [2.45, 2.75) is 217 Å². The van der Waals surface area contributed by atoms with Crippen LogP contribution in [0.5, 0.6) is 0 Å². The highest BCUT2D eigenvalue weighted by Crippen LogP contribution is 2.34. The number of carbonyl (C=O) groups excluding carboxylic acids is 2. The molecule has 0 radical (unpaired) electrons. The summed E-state index contributed by atoms with van der Waals surface area (Å²) in [4.78, 5) is 25.7. The molecule has 0 amide bonds. The number of unbranched alkanes of at least 4 members (excludes halogenated alkanes) is 25. The Morgan fingerprint density at radius 1 is 0.489 bits per heavy atom. The SMILES string of the molecule is CCCCCCCC/C=C\CCCCCCCC(=O)C(O)(P)C(O)(CO)C(=O)CCCCCCCCCCCCCCCCC. The Morgan fingerprint density at radius 3 is 1.11 bits per heavy atom. The lowest BCUT2D eigenvalue weighted by molar-refractivity contribution is -0.172. The topological polar surface area (TPSA) is 94.8 Å². The second kappa shape index (κ2) is 30.7. The third kappa shape index (κ3) is 22.6. The second-order valence-corrected chi connectivity index (χ2v) is 14.5. The molecule has 0 fully saturated rings. The normalized spacial score (nSPS) is 14.5. The molecule has 0 spiro atoms. The summed E-state index contributed by atoms with van der Waals surface area (Å²) < 4.78 is 0. The molecule has 3 unspecified atom stereocenters. The molecule has 266 valence electrons. The minimum atomic E-state index is -2.48. The van der Waals surface area contributed by atoms with Gasteiger partial charge in [0.15, 0.2) is 22.5 Å². The van der Waals surface area contributed by atoms with Crippen molar-refractivity contribution in [1.29, 1.82) is 0 Å². The molecule has 0 rings (SSSR count). The average Bonchev–Trinajstić information content (AvgIpc) is 3.03. The smallest absolute Gasteiger partial charge is 0.185 e. The molecule has 0 aromatic rings. The van der Waals surface area contributed by atoms with E-state index in [1.165, 1.54) is 116 Å². The number of Topliss-reactive ketones (excluding diaryl/α,β-unsaturated/α-hetero) is 2. The van der Waals surface area contributed by atoms with Gasteiger partial charge in [0.25, 0.3) is 0 Å². The second-order valence-electron chi connectivity index (χ2n) is 13.7. The molecule has 0 saturated heterocycles. The summed E-state index contributed by atoms with van der Waals surface area (Å²) in [6.07, 6.45) is 37.9. The first-order valence-corrected chi connectivity index (χ1v) is 19.9. The predicted molar refractivity (Wildman–Crippen MR) is 196 cm³/mol. The summed E-state index contributed by atoms with van der Waals surface area (Å²) in [5.41, 5.74) is -2.48. The van der Waals surface area contributed by atoms with Crippen LogP contribution < -0.4 is 0 Å². The molecule has 0 aromatic carbocycles. The van der Waals surface area contributed by atoms with Crippen LogP contribution in [0.1, 0.15) is 206 Å². The van der Waals surface area contributed by atoms with Crippen LogP contribution >= 0.6 is 9.24 Å². The Morgan fingerprint density at radius 2 is 0.778 bits per heavy atom. The van der Waals surface area contributed by atoms with Crippen LogP contribution in [0.15, 0.2) is 12.2 Å². The predicted octanol–water partition coefficient (Wildman–Crippen LogP) is 10.7. The maximum absolute atomic E-state index is 12.9. The summed E-state index contributed by atoms with van der Waals surface area (Å²) in [7, 11) is 1.96. The number of aliphatic hydroxyl groups excluding tert-OH is 1. The molecule has 3 atom stereocenters. The molecule has 0 aliphatic carbocycles. The Bertz CT molecular complexity index is 722. The molecular formula is C39H75O5P. The quantitative estimate of drug-likeness (QED) is 0.0359. The van der Waals surface area contributed by atoms with Gasteiger partial charge < -0.3 is 15.3 Å². The van der Waals surface area contributed by atoms with E-state index in [-0.39, 0.29) is 12.8 Å². The number of aliphatic hydroxyl groups is 3. The highest BCUT2D eigenvalue weighted by molar-refractivity contribution is 7.21. The third-order valence-corrected chi connectivity index (χ3v) is 10.2. The van der Waals surface area contributed by atoms with Gasteiger partial charge in [-0.15, -0.1) is 0 Å². The maximum atomic E-state index is 12.9. The fourth-order valence-electron chi connectivity index (χ4n) is 6.06. The van der Waals surface area contributed by atoms with Crippen molar-refractivity contribution in [3.05, 3.63) is 12.2 Å². The summed E-state index contributed by atoms with van der Waals surface area (Å²) in [6.45, 7) is 3.53. The summed E-state index contributed by atoms with van der Waals surface area (Å²) in [6, 6.07) is 0. The molecule has 0 heterocycles. The largest absolute Gasteiger partial charge is 0.393 e. The number of ketones is 2. The van der Waals surface area contributed by atoms with E-state index in [2.05, 4.69) is 26.0 Å². The average molecular weight is 655 g/mol. The summed E-state index contributed by atoms with van der Waals surface area (Å²) in [5.74, 6) is -1.26. The molecule has 6 heteroatoms. The van der Waals surface area contributed by atoms with Crippen LogP contribution in [0.2, 0.25) is 0 Å². The van der Waals surface area contributed by atoms with Crippen molar-refractivity contribution in [2.75, 3.05) is 6.61 Å². The Balaban J connectivity index is 3.99. The van der Waals surface area contributed by atoms with Crippen molar-refractivity contribution < 1.29 is 24.9 Å². The highest BCUT2D eigenvalue weighted by Gasteiger charge is 2.55. The van der Waals surface area contributed by atoms with E-state index >= 15 is 0 Å². The van der Waals surface area contributed by atoms with Crippen molar-refractivity contribution in [3.8, 4) is 0 Å². The van der Waals surface area contributed by atoms with Crippen LogP contribution in [-0.4, -0.2) is 44.4 Å². The Kier molecular flexibility index (Phi) is 30.3. The van der Waals surface area contributed by atoms with Crippen LogP contribution in [0.3, 0.4) is 0 Å². The fraction of sp³-hybridized carbons (Fsp3) is 0.897. The van der Waals surface area contributed by atoms with E-state index in [0.29, 0.717) is 12.8 Å². The number of allylic oxidation sites excluding steroid dienone is 2. The maximum Gasteiger partial charge on any atom is 0.185 e. The van der Waals surface area contributed by atoms with Crippen molar-refractivity contribution in [3.63, 3.8) is 0 Å². The van der Waals surface area contributed by atoms with Crippen molar-refractivity contribution in [1.82, 2.24) is 0 Å². The van der Waals surface area contributed by atoms with Gasteiger partial charge in [-0.05, 0) is 38.5 Å². The molecule has 45 heavy (non-hydrogen) atoms. The highest BCUT2D eigenvalue weighted by atomic mass is 31.0. The number of hydrogen-bond acceptors (Lipinski definition) is 5. The van der Waals surface area contributed by atoms with Crippen LogP contribution in [0.25, 0.3) is 0 Å². The van der Waals surface area contributed by atoms with Gasteiger partial charge in [-0.2, -0.15) is 0 Å². The number of carbonyl (C=O) groups is 2. The van der Waals surface area contributed by atoms with Gasteiger partial charge in [-0.25, -0.2) is 0 Å². The molecule has 0 saturated carbocycles. The molecule has 5 nitrogen and oxygen atoms in total. The monoisotopic (exact) mass is 655 g/mol. The lowest BCUT2D eigenvalue weighted by Crippen LogP contribution is -2.62. The first kappa shape index (κ1) is 44.4. The van der Waals surface area contributed by atoms with Crippen molar-refractivity contribution in [2.24, 2.45) is 0 Å². The lowest BCUT2D eigenvalue weighted by Gasteiger charge is -2.37. The molecule has 0 aromatic heterocycles. The van der Waals surface area contributed by atoms with E-state index in [1.807, 2.05) is 9.24 Å². The van der Waals surface area contributed by atoms with E-state index in [9.17, 15) is 24.9 Å². The first-order valence-electron chi connectivity index (χ1n) is 19.3. The molecule has 0 aliphatic heterocycles. The number of hydrogen-bond donors (Lipinski definition) is 3. The fourth-order valence-corrected chi connectivity index (χ4v) is 6.46. The zero-order chi connectivity index (χ0) is 33.5. The van der Waals surface area contributed by atoms with Crippen LogP contribution in [-0.2, 0) is 9.59 Å². The van der Waals surface area contributed by atoms with Gasteiger partial charge in [-0.3, -0.25) is 9.59 Å². The van der Waals surface area contributed by atoms with Gasteiger partial charge in [0, 0.05) is 12.8 Å². The van der Waals surface area contributed by atoms with E-state index in [0.717, 1.165) is 51.4 Å². The minimum absolute atomic E-state index is 0.0483. The number of rotatable bonds is 35. The zero-order valence-electron chi connectivity index (χ0n) is 29.8. The van der Waals surface area contributed by atoms with Gasteiger partial charge in [0.2, 0.25) is 0 Å². The lowest BCUT2D eigenvalue weighted by atomic mass is 9.85. The molecule has 0 aliphatic rings. The minimum Gasteiger partial charge on any atom is -0.393 e. The molecular weight excluding hydrogens is 579 g/mol. The van der Waals surface area contributed by atoms with E-state index in [4.69, 9.17) is 0 Å². The molecule has 0 bridgehead atoms.